The van der Waals surface area contributed by atoms with Crippen molar-refractivity contribution in [3.05, 3.63) is 89.2 Å². The molecule has 0 spiro atoms. The SMILES string of the molecule is Cc1cc(S(=O)(=O)N2CCc3ccccc32)ccc1OCC(=O)N[C@@H](C)c1ccc(F)cc1. The second-order valence-electron chi connectivity index (χ2n) is 8.01. The van der Waals surface area contributed by atoms with E-state index in [2.05, 4.69) is 5.32 Å². The lowest BCUT2D eigenvalue weighted by atomic mass is 10.1. The van der Waals surface area contributed by atoms with Gasteiger partial charge in [-0.3, -0.25) is 9.10 Å². The predicted molar refractivity (Wildman–Crippen MR) is 124 cm³/mol. The van der Waals surface area contributed by atoms with Crippen molar-refractivity contribution >= 4 is 21.6 Å². The molecule has 1 aliphatic rings. The van der Waals surface area contributed by atoms with Crippen molar-refractivity contribution in [3.8, 4) is 5.75 Å². The van der Waals surface area contributed by atoms with Gasteiger partial charge in [0.2, 0.25) is 0 Å². The molecule has 1 atom stereocenters. The highest BCUT2D eigenvalue weighted by Gasteiger charge is 2.30. The first kappa shape index (κ1) is 22.8. The minimum Gasteiger partial charge on any atom is -0.484 e. The Morgan fingerprint density at radius 2 is 1.85 bits per heavy atom. The average molecular weight is 469 g/mol. The summed E-state index contributed by atoms with van der Waals surface area (Å²) in [6.07, 6.45) is 0.682. The first-order valence-electron chi connectivity index (χ1n) is 10.6. The fourth-order valence-electron chi connectivity index (χ4n) is 3.89. The van der Waals surface area contributed by atoms with Gasteiger partial charge in [0.25, 0.3) is 15.9 Å². The van der Waals surface area contributed by atoms with Gasteiger partial charge in [-0.1, -0.05) is 30.3 Å². The van der Waals surface area contributed by atoms with Crippen molar-refractivity contribution in [3.63, 3.8) is 0 Å². The number of ether oxygens (including phenoxy) is 1. The molecule has 0 saturated heterocycles. The Morgan fingerprint density at radius 3 is 2.58 bits per heavy atom. The number of hydrogen-bond donors (Lipinski definition) is 1. The van der Waals surface area contributed by atoms with Crippen LogP contribution in [-0.4, -0.2) is 27.5 Å². The quantitative estimate of drug-likeness (QED) is 0.566. The highest BCUT2D eigenvalue weighted by Crippen LogP contribution is 2.33. The molecule has 3 aromatic rings. The molecule has 3 aromatic carbocycles. The van der Waals surface area contributed by atoms with Crippen molar-refractivity contribution in [2.45, 2.75) is 31.2 Å². The second kappa shape index (κ2) is 9.23. The molecule has 8 heteroatoms. The molecule has 0 fully saturated rings. The number of nitrogens with one attached hydrogen (secondary N) is 1. The summed E-state index contributed by atoms with van der Waals surface area (Å²) in [6.45, 7) is 3.72. The highest BCUT2D eigenvalue weighted by molar-refractivity contribution is 7.92. The Labute approximate surface area is 193 Å². The molecule has 0 unspecified atom stereocenters. The van der Waals surface area contributed by atoms with Gasteiger partial charge in [-0.25, -0.2) is 12.8 Å². The van der Waals surface area contributed by atoms with Gasteiger partial charge >= 0.3 is 0 Å². The van der Waals surface area contributed by atoms with Crippen LogP contribution in [0.5, 0.6) is 5.75 Å². The van der Waals surface area contributed by atoms with Crippen LogP contribution in [0.2, 0.25) is 0 Å². The summed E-state index contributed by atoms with van der Waals surface area (Å²) in [4.78, 5) is 12.5. The normalized spacial score (nSPS) is 14.0. The molecule has 0 saturated carbocycles. The third-order valence-electron chi connectivity index (χ3n) is 5.69. The lowest BCUT2D eigenvalue weighted by Crippen LogP contribution is -2.31. The van der Waals surface area contributed by atoms with E-state index in [0.29, 0.717) is 30.0 Å². The molecule has 0 aromatic heterocycles. The van der Waals surface area contributed by atoms with E-state index in [9.17, 15) is 17.6 Å². The zero-order valence-corrected chi connectivity index (χ0v) is 19.2. The number of amides is 1. The van der Waals surface area contributed by atoms with E-state index in [1.54, 1.807) is 38.1 Å². The number of benzene rings is 3. The summed E-state index contributed by atoms with van der Waals surface area (Å²) in [5.74, 6) is -0.243. The van der Waals surface area contributed by atoms with E-state index in [1.807, 2.05) is 24.3 Å². The molecule has 0 aliphatic carbocycles. The maximum atomic E-state index is 13.2. The molecule has 33 heavy (non-hydrogen) atoms. The first-order valence-corrected chi connectivity index (χ1v) is 12.1. The highest BCUT2D eigenvalue weighted by atomic mass is 32.2. The number of sulfonamides is 1. The van der Waals surface area contributed by atoms with E-state index < -0.39 is 10.0 Å². The number of fused-ring (bicyclic) bond motifs is 1. The molecule has 1 amide bonds. The van der Waals surface area contributed by atoms with E-state index >= 15 is 0 Å². The Kier molecular flexibility index (Phi) is 6.37. The Bertz CT molecular complexity index is 1280. The molecule has 1 heterocycles. The summed E-state index contributed by atoms with van der Waals surface area (Å²) in [5.41, 5.74) is 3.11. The zero-order valence-electron chi connectivity index (χ0n) is 18.4. The number of nitrogens with zero attached hydrogens (tertiary/aromatic N) is 1. The summed E-state index contributed by atoms with van der Waals surface area (Å²) in [7, 11) is -3.70. The molecule has 1 N–H and O–H groups in total. The number of rotatable bonds is 7. The molecule has 6 nitrogen and oxygen atoms in total. The number of hydrogen-bond acceptors (Lipinski definition) is 4. The van der Waals surface area contributed by atoms with Crippen molar-refractivity contribution in [1.82, 2.24) is 5.32 Å². The van der Waals surface area contributed by atoms with Crippen LogP contribution in [0.1, 0.15) is 29.7 Å². The minimum absolute atomic E-state index is 0.179. The molecular weight excluding hydrogens is 443 g/mol. The molecule has 172 valence electrons. The third kappa shape index (κ3) is 4.85. The summed E-state index contributed by atoms with van der Waals surface area (Å²) in [5, 5.41) is 2.80. The summed E-state index contributed by atoms with van der Waals surface area (Å²) in [6, 6.07) is 17.7. The largest absolute Gasteiger partial charge is 0.484 e. The lowest BCUT2D eigenvalue weighted by molar-refractivity contribution is -0.123. The number of carbonyl (C=O) groups excluding carboxylic acids is 1. The maximum absolute atomic E-state index is 13.2. The minimum atomic E-state index is -3.70. The lowest BCUT2D eigenvalue weighted by Gasteiger charge is -2.20. The van der Waals surface area contributed by atoms with E-state index in [-0.39, 0.29) is 29.3 Å². The Hall–Kier alpha value is -3.39. The second-order valence-corrected chi connectivity index (χ2v) is 9.87. The molecule has 0 bridgehead atoms. The van der Waals surface area contributed by atoms with Gasteiger partial charge in [-0.15, -0.1) is 0 Å². The maximum Gasteiger partial charge on any atom is 0.264 e. The van der Waals surface area contributed by atoms with E-state index in [0.717, 1.165) is 11.1 Å². The Morgan fingerprint density at radius 1 is 1.12 bits per heavy atom. The number of aryl methyl sites for hydroxylation is 1. The van der Waals surface area contributed by atoms with Crippen LogP contribution in [0.15, 0.2) is 71.6 Å². The fourth-order valence-corrected chi connectivity index (χ4v) is 5.48. The number of para-hydroxylation sites is 1. The van der Waals surface area contributed by atoms with Gasteiger partial charge in [0.15, 0.2) is 6.61 Å². The number of carbonyl (C=O) groups is 1. The van der Waals surface area contributed by atoms with Crippen molar-refractivity contribution in [2.75, 3.05) is 17.5 Å². The third-order valence-corrected chi connectivity index (χ3v) is 7.49. The van der Waals surface area contributed by atoms with Crippen LogP contribution in [0.4, 0.5) is 10.1 Å². The number of halogens is 1. The summed E-state index contributed by atoms with van der Waals surface area (Å²) < 4.78 is 46.5. The van der Waals surface area contributed by atoms with Crippen LogP contribution in [0.25, 0.3) is 0 Å². The monoisotopic (exact) mass is 468 g/mol. The van der Waals surface area contributed by atoms with E-state index in [4.69, 9.17) is 4.74 Å². The molecule has 1 aliphatic heterocycles. The van der Waals surface area contributed by atoms with Crippen LogP contribution in [0.3, 0.4) is 0 Å². The average Bonchev–Trinajstić information content (AvgIpc) is 3.23. The summed E-state index contributed by atoms with van der Waals surface area (Å²) >= 11 is 0. The van der Waals surface area contributed by atoms with Crippen LogP contribution < -0.4 is 14.4 Å². The first-order chi connectivity index (χ1) is 15.8. The van der Waals surface area contributed by atoms with Crippen LogP contribution >= 0.6 is 0 Å². The molecular formula is C25H25FN2O4S. The van der Waals surface area contributed by atoms with Gasteiger partial charge in [0, 0.05) is 6.54 Å². The fraction of sp³-hybridized carbons (Fsp3) is 0.240. The van der Waals surface area contributed by atoms with Crippen molar-refractivity contribution in [2.24, 2.45) is 0 Å². The molecule has 4 rings (SSSR count). The number of anilines is 1. The van der Waals surface area contributed by atoms with Crippen LogP contribution in [0, 0.1) is 12.7 Å². The van der Waals surface area contributed by atoms with Gasteiger partial charge in [0.05, 0.1) is 16.6 Å². The van der Waals surface area contributed by atoms with Gasteiger partial charge in [0.1, 0.15) is 11.6 Å². The Balaban J connectivity index is 1.41. The van der Waals surface area contributed by atoms with E-state index in [1.165, 1.54) is 22.5 Å². The van der Waals surface area contributed by atoms with Gasteiger partial charge in [-0.2, -0.15) is 0 Å². The van der Waals surface area contributed by atoms with Crippen molar-refractivity contribution in [1.29, 1.82) is 0 Å². The molecule has 0 radical (unpaired) electrons. The zero-order chi connectivity index (χ0) is 23.6. The van der Waals surface area contributed by atoms with Gasteiger partial charge < -0.3 is 10.1 Å². The standard InChI is InChI=1S/C25H25FN2O4S/c1-17-15-22(33(30,31)28-14-13-20-5-3-4-6-23(20)28)11-12-24(17)32-16-25(29)27-18(2)19-7-9-21(26)10-8-19/h3-12,15,18H,13-14,16H2,1-2H3,(H,27,29)/t18-/m0/s1. The topological polar surface area (TPSA) is 75.7 Å². The predicted octanol–water partition coefficient (Wildman–Crippen LogP) is 4.14. The van der Waals surface area contributed by atoms with Gasteiger partial charge in [-0.05, 0) is 73.4 Å². The smallest absolute Gasteiger partial charge is 0.264 e. The van der Waals surface area contributed by atoms with Crippen molar-refractivity contribution < 1.29 is 22.3 Å². The van der Waals surface area contributed by atoms with Crippen LogP contribution in [-0.2, 0) is 21.2 Å².